The molecule has 0 saturated carbocycles. The number of nitrogens with one attached hydrogen (secondary N) is 1. The Hall–Kier alpha value is -3.19. The highest BCUT2D eigenvalue weighted by molar-refractivity contribution is 7.92. The summed E-state index contributed by atoms with van der Waals surface area (Å²) in [6.45, 7) is 3.85. The molecule has 0 aliphatic carbocycles. The molecule has 0 bridgehead atoms. The maximum Gasteiger partial charge on any atom is 0.264 e. The third-order valence-electron chi connectivity index (χ3n) is 5.12. The number of benzene rings is 2. The number of carbonyl (C=O) groups is 1. The van der Waals surface area contributed by atoms with Gasteiger partial charge in [-0.2, -0.15) is 0 Å². The summed E-state index contributed by atoms with van der Waals surface area (Å²) < 4.78 is 27.0. The summed E-state index contributed by atoms with van der Waals surface area (Å²) in [7, 11) is -2.30. The van der Waals surface area contributed by atoms with E-state index in [1.807, 2.05) is 32.0 Å². The second-order valence-corrected chi connectivity index (χ2v) is 9.59. The van der Waals surface area contributed by atoms with Gasteiger partial charge < -0.3 is 5.32 Å². The van der Waals surface area contributed by atoms with Crippen LogP contribution < -0.4 is 9.62 Å². The Kier molecular flexibility index (Phi) is 7.07. The first kappa shape index (κ1) is 22.5. The minimum absolute atomic E-state index is 0.0367. The molecule has 3 rings (SSSR count). The molecule has 1 atom stereocenters. The zero-order chi connectivity index (χ0) is 22.4. The normalized spacial score (nSPS) is 12.2. The summed E-state index contributed by atoms with van der Waals surface area (Å²) in [4.78, 5) is 16.9. The van der Waals surface area contributed by atoms with E-state index in [0.29, 0.717) is 11.3 Å². The monoisotopic (exact) mass is 437 g/mol. The number of pyridine rings is 1. The number of hydrogen-bond acceptors (Lipinski definition) is 4. The van der Waals surface area contributed by atoms with E-state index in [-0.39, 0.29) is 16.8 Å². The zero-order valence-corrected chi connectivity index (χ0v) is 18.8. The lowest BCUT2D eigenvalue weighted by Gasteiger charge is -2.20. The standard InChI is InChI=1S/C24H27N3O3S/c1-18-9-13-23(14-10-18)31(29,30)27(3)22-15-21(16-25-17-22)24(28)26-19(2)11-12-20-7-5-4-6-8-20/h4-10,13-17,19H,11-12H2,1-3H3,(H,26,28). The van der Waals surface area contributed by atoms with Gasteiger partial charge >= 0.3 is 0 Å². The SMILES string of the molecule is Cc1ccc(S(=O)(=O)N(C)c2cncc(C(=O)NC(C)CCc3ccccc3)c2)cc1. The largest absolute Gasteiger partial charge is 0.350 e. The molecule has 1 unspecified atom stereocenters. The first-order valence-electron chi connectivity index (χ1n) is 10.1. The number of nitrogens with zero attached hydrogens (tertiary/aromatic N) is 2. The van der Waals surface area contributed by atoms with Crippen LogP contribution in [0.3, 0.4) is 0 Å². The number of aromatic nitrogens is 1. The second-order valence-electron chi connectivity index (χ2n) is 7.62. The Morgan fingerprint density at radius 2 is 1.74 bits per heavy atom. The first-order valence-corrected chi connectivity index (χ1v) is 11.6. The lowest BCUT2D eigenvalue weighted by Crippen LogP contribution is -2.33. The van der Waals surface area contributed by atoms with Gasteiger partial charge in [0.1, 0.15) is 0 Å². The van der Waals surface area contributed by atoms with Crippen LogP contribution in [0.2, 0.25) is 0 Å². The fraction of sp³-hybridized carbons (Fsp3) is 0.250. The van der Waals surface area contributed by atoms with E-state index < -0.39 is 10.0 Å². The molecule has 1 heterocycles. The van der Waals surface area contributed by atoms with Gasteiger partial charge in [-0.1, -0.05) is 48.0 Å². The number of aryl methyl sites for hydroxylation is 2. The molecule has 0 saturated heterocycles. The van der Waals surface area contributed by atoms with Crippen LogP contribution in [0.15, 0.2) is 78.0 Å². The van der Waals surface area contributed by atoms with Crippen molar-refractivity contribution < 1.29 is 13.2 Å². The molecule has 162 valence electrons. The molecule has 1 amide bonds. The second kappa shape index (κ2) is 9.75. The number of carbonyl (C=O) groups excluding carboxylic acids is 1. The summed E-state index contributed by atoms with van der Waals surface area (Å²) >= 11 is 0. The summed E-state index contributed by atoms with van der Waals surface area (Å²) in [5, 5.41) is 2.96. The van der Waals surface area contributed by atoms with Crippen LogP contribution in [0.4, 0.5) is 5.69 Å². The fourth-order valence-electron chi connectivity index (χ4n) is 3.14. The van der Waals surface area contributed by atoms with Crippen molar-refractivity contribution in [1.82, 2.24) is 10.3 Å². The molecular weight excluding hydrogens is 410 g/mol. The van der Waals surface area contributed by atoms with Crippen LogP contribution in [0.1, 0.15) is 34.8 Å². The van der Waals surface area contributed by atoms with E-state index in [9.17, 15) is 13.2 Å². The number of amides is 1. The Morgan fingerprint density at radius 3 is 2.42 bits per heavy atom. The average Bonchev–Trinajstić information content (AvgIpc) is 2.78. The Labute approximate surface area is 184 Å². The minimum atomic E-state index is -3.75. The number of rotatable bonds is 8. The van der Waals surface area contributed by atoms with Crippen molar-refractivity contribution in [2.75, 3.05) is 11.4 Å². The molecule has 0 fully saturated rings. The number of hydrogen-bond donors (Lipinski definition) is 1. The predicted molar refractivity (Wildman–Crippen MR) is 123 cm³/mol. The average molecular weight is 438 g/mol. The van der Waals surface area contributed by atoms with E-state index >= 15 is 0 Å². The Balaban J connectivity index is 1.68. The van der Waals surface area contributed by atoms with E-state index in [2.05, 4.69) is 22.4 Å². The van der Waals surface area contributed by atoms with Crippen LogP contribution in [-0.2, 0) is 16.4 Å². The van der Waals surface area contributed by atoms with E-state index in [1.54, 1.807) is 24.3 Å². The van der Waals surface area contributed by atoms with Gasteiger partial charge in [-0.15, -0.1) is 0 Å². The van der Waals surface area contributed by atoms with Crippen molar-refractivity contribution in [3.63, 3.8) is 0 Å². The van der Waals surface area contributed by atoms with Crippen molar-refractivity contribution in [3.8, 4) is 0 Å². The molecule has 1 aromatic heterocycles. The van der Waals surface area contributed by atoms with Gasteiger partial charge in [-0.3, -0.25) is 14.1 Å². The third-order valence-corrected chi connectivity index (χ3v) is 6.92. The highest BCUT2D eigenvalue weighted by Gasteiger charge is 2.22. The maximum atomic E-state index is 12.9. The molecule has 6 nitrogen and oxygen atoms in total. The van der Waals surface area contributed by atoms with E-state index in [4.69, 9.17) is 0 Å². The van der Waals surface area contributed by atoms with Crippen molar-refractivity contribution in [2.24, 2.45) is 0 Å². The molecule has 2 aromatic carbocycles. The Bertz CT molecular complexity index is 1130. The quantitative estimate of drug-likeness (QED) is 0.578. The molecule has 0 aliphatic rings. The van der Waals surface area contributed by atoms with Gasteiger partial charge in [0.05, 0.1) is 22.3 Å². The molecule has 31 heavy (non-hydrogen) atoms. The lowest BCUT2D eigenvalue weighted by molar-refractivity contribution is 0.0938. The molecular formula is C24H27N3O3S. The molecule has 0 aliphatic heterocycles. The Morgan fingerprint density at radius 1 is 1.06 bits per heavy atom. The molecule has 7 heteroatoms. The first-order chi connectivity index (χ1) is 14.8. The van der Waals surface area contributed by atoms with Gasteiger partial charge in [0.25, 0.3) is 15.9 Å². The summed E-state index contributed by atoms with van der Waals surface area (Å²) in [6.07, 6.45) is 4.53. The van der Waals surface area contributed by atoms with Gasteiger partial charge in [0, 0.05) is 19.3 Å². The summed E-state index contributed by atoms with van der Waals surface area (Å²) in [6, 6.07) is 18.2. The van der Waals surface area contributed by atoms with E-state index in [0.717, 1.165) is 22.7 Å². The predicted octanol–water partition coefficient (Wildman–Crippen LogP) is 3.97. The lowest BCUT2D eigenvalue weighted by atomic mass is 10.1. The number of anilines is 1. The van der Waals surface area contributed by atoms with Crippen molar-refractivity contribution in [3.05, 3.63) is 89.7 Å². The van der Waals surface area contributed by atoms with Crippen LogP contribution in [0, 0.1) is 6.92 Å². The fourth-order valence-corrected chi connectivity index (χ4v) is 4.31. The summed E-state index contributed by atoms with van der Waals surface area (Å²) in [5.41, 5.74) is 2.83. The van der Waals surface area contributed by atoms with Crippen molar-refractivity contribution in [1.29, 1.82) is 0 Å². The van der Waals surface area contributed by atoms with Gasteiger partial charge in [-0.05, 0) is 50.5 Å². The smallest absolute Gasteiger partial charge is 0.264 e. The topological polar surface area (TPSA) is 79.4 Å². The van der Waals surface area contributed by atoms with Gasteiger partial charge in [0.2, 0.25) is 0 Å². The highest BCUT2D eigenvalue weighted by Crippen LogP contribution is 2.22. The van der Waals surface area contributed by atoms with Crippen LogP contribution >= 0.6 is 0 Å². The zero-order valence-electron chi connectivity index (χ0n) is 17.9. The number of sulfonamides is 1. The molecule has 1 N–H and O–H groups in total. The molecule has 3 aromatic rings. The highest BCUT2D eigenvalue weighted by atomic mass is 32.2. The summed E-state index contributed by atoms with van der Waals surface area (Å²) in [5.74, 6) is -0.281. The van der Waals surface area contributed by atoms with Crippen LogP contribution in [-0.4, -0.2) is 32.4 Å². The van der Waals surface area contributed by atoms with Crippen LogP contribution in [0.5, 0.6) is 0 Å². The third kappa shape index (κ3) is 5.70. The molecule has 0 radical (unpaired) electrons. The maximum absolute atomic E-state index is 12.9. The van der Waals surface area contributed by atoms with Gasteiger partial charge in [-0.25, -0.2) is 8.42 Å². The molecule has 0 spiro atoms. The van der Waals surface area contributed by atoms with Crippen molar-refractivity contribution in [2.45, 2.75) is 37.6 Å². The van der Waals surface area contributed by atoms with Crippen molar-refractivity contribution >= 4 is 21.6 Å². The van der Waals surface area contributed by atoms with E-state index in [1.165, 1.54) is 31.1 Å². The van der Waals surface area contributed by atoms with Crippen LogP contribution in [0.25, 0.3) is 0 Å². The minimum Gasteiger partial charge on any atom is -0.350 e. The van der Waals surface area contributed by atoms with Gasteiger partial charge in [0.15, 0.2) is 0 Å².